The second-order valence-corrected chi connectivity index (χ2v) is 8.41. The van der Waals surface area contributed by atoms with Gasteiger partial charge in [-0.1, -0.05) is 6.07 Å². The largest absolute Gasteiger partial charge is 0.361 e. The number of nitrogens with zero attached hydrogens (tertiary/aromatic N) is 1. The number of amides is 1. The Morgan fingerprint density at radius 3 is 3.08 bits per heavy atom. The molecule has 0 saturated carbocycles. The molecule has 138 valence electrons. The fourth-order valence-corrected chi connectivity index (χ4v) is 4.96. The van der Waals surface area contributed by atoms with Gasteiger partial charge in [0.1, 0.15) is 0 Å². The minimum atomic E-state index is -0.0989. The fourth-order valence-electron chi connectivity index (χ4n) is 4.22. The molecule has 2 N–H and O–H groups in total. The summed E-state index contributed by atoms with van der Waals surface area (Å²) in [6.07, 6.45) is 4.34. The maximum Gasteiger partial charge on any atom is 0.254 e. The average molecular weight is 372 g/mol. The molecule has 2 aromatic rings. The Morgan fingerprint density at radius 1 is 1.38 bits per heavy atom. The first kappa shape index (κ1) is 17.5. The Balaban J connectivity index is 1.45. The van der Waals surface area contributed by atoms with E-state index < -0.39 is 0 Å². The molecule has 6 heteroatoms. The van der Waals surface area contributed by atoms with Crippen molar-refractivity contribution in [3.05, 3.63) is 44.9 Å². The SMILES string of the molecule is Cc1[nH]c2c(c1C(=O)NC1CCCN(Cc3cccs3)C1)C(=O)CCC2. The molecule has 3 heterocycles. The molecule has 0 bridgehead atoms. The van der Waals surface area contributed by atoms with Crippen LogP contribution in [0.4, 0.5) is 0 Å². The molecule has 2 aromatic heterocycles. The summed E-state index contributed by atoms with van der Waals surface area (Å²) >= 11 is 1.78. The van der Waals surface area contributed by atoms with E-state index in [1.165, 1.54) is 4.88 Å². The predicted molar refractivity (Wildman–Crippen MR) is 103 cm³/mol. The molecular formula is C20H25N3O2S. The first-order valence-corrected chi connectivity index (χ1v) is 10.3. The number of Topliss-reactive ketones (excluding diaryl/α,β-unsaturated/α-hetero) is 1. The van der Waals surface area contributed by atoms with E-state index in [0.717, 1.165) is 56.7 Å². The highest BCUT2D eigenvalue weighted by atomic mass is 32.1. The molecule has 1 aliphatic carbocycles. The van der Waals surface area contributed by atoms with E-state index in [1.807, 2.05) is 6.92 Å². The van der Waals surface area contributed by atoms with Crippen LogP contribution in [0.1, 0.15) is 62.7 Å². The van der Waals surface area contributed by atoms with Gasteiger partial charge < -0.3 is 10.3 Å². The summed E-state index contributed by atoms with van der Waals surface area (Å²) in [6, 6.07) is 4.38. The van der Waals surface area contributed by atoms with Crippen molar-refractivity contribution in [1.29, 1.82) is 0 Å². The van der Waals surface area contributed by atoms with Crippen molar-refractivity contribution < 1.29 is 9.59 Å². The third kappa shape index (κ3) is 3.48. The van der Waals surface area contributed by atoms with Gasteiger partial charge in [0.05, 0.1) is 11.1 Å². The number of aryl methyl sites for hydroxylation is 2. The second kappa shape index (κ2) is 7.37. The van der Waals surface area contributed by atoms with Crippen LogP contribution < -0.4 is 5.32 Å². The van der Waals surface area contributed by atoms with Crippen LogP contribution in [0.25, 0.3) is 0 Å². The zero-order chi connectivity index (χ0) is 18.1. The molecule has 5 nitrogen and oxygen atoms in total. The maximum atomic E-state index is 12.9. The van der Waals surface area contributed by atoms with Gasteiger partial charge in [-0.25, -0.2) is 0 Å². The summed E-state index contributed by atoms with van der Waals surface area (Å²) in [5, 5.41) is 5.30. The Kier molecular flexibility index (Phi) is 4.96. The van der Waals surface area contributed by atoms with Crippen molar-refractivity contribution in [3.63, 3.8) is 0 Å². The van der Waals surface area contributed by atoms with Crippen LogP contribution in [-0.2, 0) is 13.0 Å². The second-order valence-electron chi connectivity index (χ2n) is 7.38. The Labute approximate surface area is 157 Å². The van der Waals surface area contributed by atoms with Gasteiger partial charge >= 0.3 is 0 Å². The lowest BCUT2D eigenvalue weighted by Gasteiger charge is -2.33. The number of carbonyl (C=O) groups excluding carboxylic acids is 2. The third-order valence-electron chi connectivity index (χ3n) is 5.40. The number of thiophene rings is 1. The van der Waals surface area contributed by atoms with Crippen molar-refractivity contribution in [3.8, 4) is 0 Å². The van der Waals surface area contributed by atoms with E-state index in [4.69, 9.17) is 0 Å². The van der Waals surface area contributed by atoms with E-state index in [1.54, 1.807) is 11.3 Å². The molecule has 1 saturated heterocycles. The van der Waals surface area contributed by atoms with Crippen LogP contribution in [0.5, 0.6) is 0 Å². The van der Waals surface area contributed by atoms with Gasteiger partial charge in [-0.2, -0.15) is 0 Å². The molecule has 4 rings (SSSR count). The van der Waals surface area contributed by atoms with E-state index >= 15 is 0 Å². The molecule has 1 fully saturated rings. The number of fused-ring (bicyclic) bond motifs is 1. The van der Waals surface area contributed by atoms with Crippen LogP contribution in [0.3, 0.4) is 0 Å². The number of rotatable bonds is 4. The molecule has 2 aliphatic rings. The molecule has 26 heavy (non-hydrogen) atoms. The zero-order valence-electron chi connectivity index (χ0n) is 15.1. The molecule has 0 spiro atoms. The lowest BCUT2D eigenvalue weighted by Crippen LogP contribution is -2.47. The van der Waals surface area contributed by atoms with Crippen molar-refractivity contribution in [2.45, 2.75) is 51.6 Å². The Morgan fingerprint density at radius 2 is 2.27 bits per heavy atom. The first-order chi connectivity index (χ1) is 12.6. The molecule has 0 radical (unpaired) electrons. The normalized spacial score (nSPS) is 20.8. The van der Waals surface area contributed by atoms with Gasteiger partial charge in [-0.3, -0.25) is 14.5 Å². The van der Waals surface area contributed by atoms with Crippen LogP contribution in [0, 0.1) is 6.92 Å². The minimum Gasteiger partial charge on any atom is -0.361 e. The number of carbonyl (C=O) groups is 2. The number of nitrogens with one attached hydrogen (secondary N) is 2. The van der Waals surface area contributed by atoms with E-state index in [-0.39, 0.29) is 17.7 Å². The van der Waals surface area contributed by atoms with Crippen LogP contribution >= 0.6 is 11.3 Å². The summed E-state index contributed by atoms with van der Waals surface area (Å²) in [5.41, 5.74) is 2.96. The van der Waals surface area contributed by atoms with Crippen LogP contribution in [-0.4, -0.2) is 40.7 Å². The lowest BCUT2D eigenvalue weighted by atomic mass is 9.92. The van der Waals surface area contributed by atoms with E-state index in [9.17, 15) is 9.59 Å². The molecule has 1 unspecified atom stereocenters. The first-order valence-electron chi connectivity index (χ1n) is 9.42. The summed E-state index contributed by atoms with van der Waals surface area (Å²) in [6.45, 7) is 4.77. The molecule has 1 amide bonds. The smallest absolute Gasteiger partial charge is 0.254 e. The molecule has 1 atom stereocenters. The molecular weight excluding hydrogens is 346 g/mol. The molecule has 0 aromatic carbocycles. The van der Waals surface area contributed by atoms with Gasteiger partial charge in [0.25, 0.3) is 5.91 Å². The van der Waals surface area contributed by atoms with Crippen LogP contribution in [0.2, 0.25) is 0 Å². The van der Waals surface area contributed by atoms with E-state index in [0.29, 0.717) is 17.5 Å². The summed E-state index contributed by atoms with van der Waals surface area (Å²) < 4.78 is 0. The number of aromatic nitrogens is 1. The van der Waals surface area contributed by atoms with Gasteiger partial charge in [-0.15, -0.1) is 11.3 Å². The maximum absolute atomic E-state index is 12.9. The number of piperidine rings is 1. The van der Waals surface area contributed by atoms with Gasteiger partial charge in [0, 0.05) is 41.8 Å². The van der Waals surface area contributed by atoms with Crippen molar-refractivity contribution in [1.82, 2.24) is 15.2 Å². The predicted octanol–water partition coefficient (Wildman–Crippen LogP) is 3.30. The third-order valence-corrected chi connectivity index (χ3v) is 6.26. The van der Waals surface area contributed by atoms with Crippen molar-refractivity contribution in [2.24, 2.45) is 0 Å². The quantitative estimate of drug-likeness (QED) is 0.867. The van der Waals surface area contributed by atoms with Crippen LogP contribution in [0.15, 0.2) is 17.5 Å². The number of H-pyrrole nitrogens is 1. The average Bonchev–Trinajstić information content (AvgIpc) is 3.22. The summed E-state index contributed by atoms with van der Waals surface area (Å²) in [5.74, 6) is 0.00180. The summed E-state index contributed by atoms with van der Waals surface area (Å²) in [7, 11) is 0. The highest BCUT2D eigenvalue weighted by Crippen LogP contribution is 2.27. The summed E-state index contributed by atoms with van der Waals surface area (Å²) in [4.78, 5) is 32.3. The number of ketones is 1. The highest BCUT2D eigenvalue weighted by Gasteiger charge is 2.30. The zero-order valence-corrected chi connectivity index (χ0v) is 16.0. The fraction of sp³-hybridized carbons (Fsp3) is 0.500. The van der Waals surface area contributed by atoms with E-state index in [2.05, 4.69) is 32.7 Å². The lowest BCUT2D eigenvalue weighted by molar-refractivity contribution is 0.0887. The number of hydrogen-bond acceptors (Lipinski definition) is 4. The topological polar surface area (TPSA) is 65.2 Å². The van der Waals surface area contributed by atoms with Gasteiger partial charge in [0.2, 0.25) is 0 Å². The highest BCUT2D eigenvalue weighted by molar-refractivity contribution is 7.09. The van der Waals surface area contributed by atoms with Crippen molar-refractivity contribution in [2.75, 3.05) is 13.1 Å². The standard InChI is InChI=1S/C20H25N3O2S/c1-13-18(19-16(21-13)7-2-8-17(19)24)20(25)22-14-5-3-9-23(11-14)12-15-6-4-10-26-15/h4,6,10,14,21H,2-3,5,7-9,11-12H2,1H3,(H,22,25). The van der Waals surface area contributed by atoms with Gasteiger partial charge in [-0.05, 0) is 50.6 Å². The Bertz CT molecular complexity index is 809. The molecule has 1 aliphatic heterocycles. The number of aromatic amines is 1. The van der Waals surface area contributed by atoms with Gasteiger partial charge in [0.15, 0.2) is 5.78 Å². The monoisotopic (exact) mass is 371 g/mol. The minimum absolute atomic E-state index is 0.0989. The Hall–Kier alpha value is -1.92. The number of hydrogen-bond donors (Lipinski definition) is 2. The van der Waals surface area contributed by atoms with Crippen molar-refractivity contribution >= 4 is 23.0 Å². The number of likely N-dealkylation sites (tertiary alicyclic amines) is 1.